The van der Waals surface area contributed by atoms with Crippen molar-refractivity contribution in [2.75, 3.05) is 20.8 Å². The smallest absolute Gasteiger partial charge is 0.246 e. The summed E-state index contributed by atoms with van der Waals surface area (Å²) in [6.45, 7) is 0.615. The van der Waals surface area contributed by atoms with Gasteiger partial charge in [-0.2, -0.15) is 0 Å². The highest BCUT2D eigenvalue weighted by molar-refractivity contribution is 6.32. The van der Waals surface area contributed by atoms with E-state index in [0.29, 0.717) is 28.6 Å². The quantitative estimate of drug-likeness (QED) is 0.652. The fourth-order valence-corrected chi connectivity index (χ4v) is 2.92. The number of primary amides is 1. The van der Waals surface area contributed by atoms with E-state index in [1.807, 2.05) is 30.3 Å². The molecule has 0 aliphatic heterocycles. The first-order valence-corrected chi connectivity index (χ1v) is 9.03. The molecule has 0 aliphatic carbocycles. The minimum Gasteiger partial charge on any atom is -0.493 e. The number of methoxy groups -OCH3 is 2. The largest absolute Gasteiger partial charge is 0.493 e. The maximum atomic E-state index is 12.7. The van der Waals surface area contributed by atoms with Crippen LogP contribution in [0.25, 0.3) is 6.08 Å². The lowest BCUT2D eigenvalue weighted by molar-refractivity contribution is -0.127. The summed E-state index contributed by atoms with van der Waals surface area (Å²) in [5, 5.41) is 0.379. The summed E-state index contributed by atoms with van der Waals surface area (Å²) < 4.78 is 10.5. The molecule has 0 fully saturated rings. The molecule has 28 heavy (non-hydrogen) atoms. The van der Waals surface area contributed by atoms with Gasteiger partial charge >= 0.3 is 0 Å². The summed E-state index contributed by atoms with van der Waals surface area (Å²) in [6.07, 6.45) is 3.16. The number of carbonyl (C=O) groups excluding carboxylic acids is 2. The maximum absolute atomic E-state index is 12.7. The number of rotatable bonds is 9. The van der Waals surface area contributed by atoms with Gasteiger partial charge in [0, 0.05) is 25.6 Å². The molecule has 0 radical (unpaired) electrons. The molecular formula is C21H23ClN2O4. The normalized spacial score (nSPS) is 10.7. The predicted molar refractivity (Wildman–Crippen MR) is 109 cm³/mol. The molecule has 0 saturated carbocycles. The van der Waals surface area contributed by atoms with Gasteiger partial charge in [-0.05, 0) is 29.3 Å². The number of carbonyl (C=O) groups is 2. The summed E-state index contributed by atoms with van der Waals surface area (Å²) in [4.78, 5) is 25.4. The molecule has 0 bridgehead atoms. The van der Waals surface area contributed by atoms with Crippen molar-refractivity contribution in [1.82, 2.24) is 4.90 Å². The van der Waals surface area contributed by atoms with Crippen LogP contribution in [0.5, 0.6) is 11.5 Å². The molecule has 2 amide bonds. The van der Waals surface area contributed by atoms with Crippen molar-refractivity contribution < 1.29 is 19.1 Å². The summed E-state index contributed by atoms with van der Waals surface area (Å²) in [5.74, 6) is 0.203. The highest BCUT2D eigenvalue weighted by atomic mass is 35.5. The van der Waals surface area contributed by atoms with Gasteiger partial charge in [-0.25, -0.2) is 0 Å². The summed E-state index contributed by atoms with van der Waals surface area (Å²) in [7, 11) is 3.02. The summed E-state index contributed by atoms with van der Waals surface area (Å²) in [6, 6.07) is 12.9. The summed E-state index contributed by atoms with van der Waals surface area (Å²) in [5.41, 5.74) is 6.89. The highest BCUT2D eigenvalue weighted by Gasteiger charge is 2.14. The Morgan fingerprint density at radius 2 is 1.86 bits per heavy atom. The fraction of sp³-hybridized carbons (Fsp3) is 0.238. The van der Waals surface area contributed by atoms with Crippen LogP contribution in [0.4, 0.5) is 0 Å². The van der Waals surface area contributed by atoms with E-state index in [1.54, 1.807) is 23.1 Å². The van der Waals surface area contributed by atoms with Crippen LogP contribution in [-0.4, -0.2) is 37.5 Å². The van der Waals surface area contributed by atoms with Gasteiger partial charge in [-0.1, -0.05) is 41.9 Å². The van der Waals surface area contributed by atoms with Crippen molar-refractivity contribution in [2.45, 2.75) is 13.0 Å². The van der Waals surface area contributed by atoms with Gasteiger partial charge in [0.25, 0.3) is 0 Å². The van der Waals surface area contributed by atoms with E-state index in [2.05, 4.69) is 0 Å². The molecular weight excluding hydrogens is 380 g/mol. The van der Waals surface area contributed by atoms with Crippen LogP contribution in [0.15, 0.2) is 48.5 Å². The second-order valence-electron chi connectivity index (χ2n) is 6.03. The number of amides is 2. The number of nitrogens with zero attached hydrogens (tertiary/aromatic N) is 1. The van der Waals surface area contributed by atoms with E-state index in [9.17, 15) is 9.59 Å². The molecule has 2 rings (SSSR count). The first-order valence-electron chi connectivity index (χ1n) is 8.65. The lowest BCUT2D eigenvalue weighted by Crippen LogP contribution is -2.32. The molecule has 148 valence electrons. The monoisotopic (exact) mass is 402 g/mol. The van der Waals surface area contributed by atoms with Gasteiger partial charge in [0.2, 0.25) is 11.8 Å². The molecule has 0 heterocycles. The van der Waals surface area contributed by atoms with Crippen molar-refractivity contribution in [3.05, 3.63) is 64.7 Å². The van der Waals surface area contributed by atoms with Crippen LogP contribution >= 0.6 is 11.6 Å². The Labute approximate surface area is 169 Å². The Morgan fingerprint density at radius 3 is 2.46 bits per heavy atom. The number of ether oxygens (including phenoxy) is 2. The molecule has 0 atom stereocenters. The van der Waals surface area contributed by atoms with Crippen molar-refractivity contribution in [1.29, 1.82) is 0 Å². The lowest BCUT2D eigenvalue weighted by atomic mass is 10.1. The molecule has 0 aromatic heterocycles. The first kappa shape index (κ1) is 21.3. The fourth-order valence-electron chi connectivity index (χ4n) is 2.62. The van der Waals surface area contributed by atoms with Gasteiger partial charge in [0.15, 0.2) is 11.5 Å². The van der Waals surface area contributed by atoms with Crippen LogP contribution in [0.1, 0.15) is 17.5 Å². The Morgan fingerprint density at radius 1 is 1.14 bits per heavy atom. The number of benzene rings is 2. The molecule has 0 saturated heterocycles. The Kier molecular flexibility index (Phi) is 7.89. The second kappa shape index (κ2) is 10.4. The zero-order chi connectivity index (χ0) is 20.5. The maximum Gasteiger partial charge on any atom is 0.246 e. The van der Waals surface area contributed by atoms with E-state index in [-0.39, 0.29) is 18.9 Å². The number of nitrogens with two attached hydrogens (primary N) is 1. The molecule has 2 aromatic carbocycles. The van der Waals surface area contributed by atoms with Crippen molar-refractivity contribution in [3.63, 3.8) is 0 Å². The average Bonchev–Trinajstić information content (AvgIpc) is 2.69. The molecule has 6 nitrogen and oxygen atoms in total. The van der Waals surface area contributed by atoms with E-state index in [0.717, 1.165) is 5.56 Å². The molecule has 0 aliphatic rings. The van der Waals surface area contributed by atoms with Crippen molar-refractivity contribution >= 4 is 29.5 Å². The van der Waals surface area contributed by atoms with Crippen LogP contribution in [0.2, 0.25) is 5.02 Å². The zero-order valence-electron chi connectivity index (χ0n) is 15.9. The Bertz CT molecular complexity index is 853. The van der Waals surface area contributed by atoms with Gasteiger partial charge < -0.3 is 20.1 Å². The SMILES string of the molecule is COc1cc(/C=C/C(=O)N(CCC(N)=O)Cc2ccccc2)cc(Cl)c1OC. The number of halogens is 1. The average molecular weight is 403 g/mol. The standard InChI is InChI=1S/C21H23ClN2O4/c1-27-18-13-16(12-17(22)21(18)28-2)8-9-20(26)24(11-10-19(23)25)14-15-6-4-3-5-7-15/h3-9,12-13H,10-11,14H2,1-2H3,(H2,23,25)/b9-8+. The zero-order valence-corrected chi connectivity index (χ0v) is 16.6. The highest BCUT2D eigenvalue weighted by Crippen LogP contribution is 2.36. The first-order chi connectivity index (χ1) is 13.4. The number of hydrogen-bond acceptors (Lipinski definition) is 4. The third-order valence-corrected chi connectivity index (χ3v) is 4.31. The minimum absolute atomic E-state index is 0.0919. The summed E-state index contributed by atoms with van der Waals surface area (Å²) >= 11 is 6.20. The van der Waals surface area contributed by atoms with E-state index >= 15 is 0 Å². The third-order valence-electron chi connectivity index (χ3n) is 4.03. The van der Waals surface area contributed by atoms with Crippen LogP contribution in [0.3, 0.4) is 0 Å². The minimum atomic E-state index is -0.457. The Hall–Kier alpha value is -2.99. The van der Waals surface area contributed by atoms with E-state index in [4.69, 9.17) is 26.8 Å². The lowest BCUT2D eigenvalue weighted by Gasteiger charge is -2.21. The van der Waals surface area contributed by atoms with E-state index < -0.39 is 5.91 Å². The molecule has 0 unspecified atom stereocenters. The molecule has 2 aromatic rings. The second-order valence-corrected chi connectivity index (χ2v) is 6.44. The van der Waals surface area contributed by atoms with Crippen LogP contribution in [-0.2, 0) is 16.1 Å². The van der Waals surface area contributed by atoms with E-state index in [1.165, 1.54) is 20.3 Å². The molecule has 7 heteroatoms. The van der Waals surface area contributed by atoms with Gasteiger partial charge in [-0.15, -0.1) is 0 Å². The number of hydrogen-bond donors (Lipinski definition) is 1. The Balaban J connectivity index is 2.19. The topological polar surface area (TPSA) is 81.9 Å². The van der Waals surface area contributed by atoms with Gasteiger partial charge in [0.05, 0.1) is 19.2 Å². The molecule has 2 N–H and O–H groups in total. The van der Waals surface area contributed by atoms with Gasteiger partial charge in [0.1, 0.15) is 0 Å². The third kappa shape index (κ3) is 6.03. The van der Waals surface area contributed by atoms with Crippen molar-refractivity contribution in [3.8, 4) is 11.5 Å². The van der Waals surface area contributed by atoms with Crippen molar-refractivity contribution in [2.24, 2.45) is 5.73 Å². The van der Waals surface area contributed by atoms with Crippen LogP contribution < -0.4 is 15.2 Å². The van der Waals surface area contributed by atoms with Gasteiger partial charge in [-0.3, -0.25) is 9.59 Å². The van der Waals surface area contributed by atoms with Crippen LogP contribution in [0, 0.1) is 0 Å². The predicted octanol–water partition coefficient (Wildman–Crippen LogP) is 3.27. The molecule has 0 spiro atoms.